The van der Waals surface area contributed by atoms with Crippen molar-refractivity contribution in [1.29, 1.82) is 0 Å². The molecule has 0 unspecified atom stereocenters. The Kier molecular flexibility index (Phi) is 2.48. The van der Waals surface area contributed by atoms with Gasteiger partial charge in [-0.15, -0.1) is 0 Å². The zero-order valence-corrected chi connectivity index (χ0v) is 8.97. The molecule has 0 atom stereocenters. The average molecular weight is 226 g/mol. The smallest absolute Gasteiger partial charge is 0.176 e. The van der Waals surface area contributed by atoms with E-state index in [1.807, 2.05) is 25.4 Å². The third kappa shape index (κ3) is 1.63. The zero-order chi connectivity index (χ0) is 10.1. The molecule has 0 N–H and O–H groups in total. The van der Waals surface area contributed by atoms with Crippen molar-refractivity contribution in [2.24, 2.45) is 7.05 Å². The SMILES string of the molecule is Cn1[c]nc(-c2cccc(Cl)c2Cl)c1. The van der Waals surface area contributed by atoms with Crippen LogP contribution >= 0.6 is 23.2 Å². The van der Waals surface area contributed by atoms with Crippen molar-refractivity contribution in [3.8, 4) is 11.3 Å². The Balaban J connectivity index is 2.57. The standard InChI is InChI=1S/C10H7Cl2N2/c1-14-5-9(13-6-14)7-3-2-4-8(11)10(7)12/h2-5H,1H3. The van der Waals surface area contributed by atoms with Crippen LogP contribution in [-0.2, 0) is 7.05 Å². The lowest BCUT2D eigenvalue weighted by Gasteiger charge is -2.01. The van der Waals surface area contributed by atoms with Gasteiger partial charge in [0.25, 0.3) is 0 Å². The maximum atomic E-state index is 6.04. The number of halogens is 2. The molecule has 1 radical (unpaired) electrons. The molecular weight excluding hydrogens is 219 g/mol. The van der Waals surface area contributed by atoms with E-state index in [2.05, 4.69) is 11.3 Å². The van der Waals surface area contributed by atoms with Crippen molar-refractivity contribution in [3.05, 3.63) is 40.8 Å². The van der Waals surface area contributed by atoms with E-state index in [4.69, 9.17) is 23.2 Å². The lowest BCUT2D eigenvalue weighted by Crippen LogP contribution is -1.80. The lowest BCUT2D eigenvalue weighted by atomic mass is 10.2. The van der Waals surface area contributed by atoms with E-state index < -0.39 is 0 Å². The third-order valence-electron chi connectivity index (χ3n) is 1.87. The van der Waals surface area contributed by atoms with Gasteiger partial charge < -0.3 is 4.57 Å². The van der Waals surface area contributed by atoms with Crippen LogP contribution in [0.5, 0.6) is 0 Å². The zero-order valence-electron chi connectivity index (χ0n) is 7.46. The molecule has 2 rings (SSSR count). The number of aryl methyl sites for hydroxylation is 1. The summed E-state index contributed by atoms with van der Waals surface area (Å²) in [5, 5.41) is 1.07. The minimum Gasteiger partial charge on any atom is -0.331 e. The first-order valence-corrected chi connectivity index (χ1v) is 4.79. The predicted molar refractivity (Wildman–Crippen MR) is 57.5 cm³/mol. The van der Waals surface area contributed by atoms with Crippen molar-refractivity contribution in [2.45, 2.75) is 0 Å². The van der Waals surface area contributed by atoms with Crippen molar-refractivity contribution in [1.82, 2.24) is 9.55 Å². The van der Waals surface area contributed by atoms with Gasteiger partial charge >= 0.3 is 0 Å². The fourth-order valence-electron chi connectivity index (χ4n) is 1.21. The molecule has 4 heteroatoms. The van der Waals surface area contributed by atoms with Crippen molar-refractivity contribution < 1.29 is 0 Å². The molecule has 0 amide bonds. The molecule has 1 aromatic heterocycles. The molecule has 71 valence electrons. The van der Waals surface area contributed by atoms with Crippen LogP contribution in [0.3, 0.4) is 0 Å². The van der Waals surface area contributed by atoms with Gasteiger partial charge in [0, 0.05) is 18.8 Å². The Bertz CT molecular complexity index is 463. The first-order valence-electron chi connectivity index (χ1n) is 4.04. The summed E-state index contributed by atoms with van der Waals surface area (Å²) in [4.78, 5) is 4.08. The Labute approximate surface area is 92.1 Å². The summed E-state index contributed by atoms with van der Waals surface area (Å²) in [5.41, 5.74) is 1.61. The van der Waals surface area contributed by atoms with Crippen molar-refractivity contribution in [3.63, 3.8) is 0 Å². The Morgan fingerprint density at radius 3 is 2.79 bits per heavy atom. The topological polar surface area (TPSA) is 17.8 Å². The van der Waals surface area contributed by atoms with E-state index in [1.165, 1.54) is 0 Å². The number of hydrogen-bond acceptors (Lipinski definition) is 1. The van der Waals surface area contributed by atoms with Crippen LogP contribution in [0.1, 0.15) is 0 Å². The van der Waals surface area contributed by atoms with Crippen LogP contribution in [0.4, 0.5) is 0 Å². The molecule has 0 bridgehead atoms. The van der Waals surface area contributed by atoms with E-state index in [9.17, 15) is 0 Å². The van der Waals surface area contributed by atoms with Gasteiger partial charge in [-0.3, -0.25) is 0 Å². The van der Waals surface area contributed by atoms with Gasteiger partial charge in [-0.1, -0.05) is 35.3 Å². The third-order valence-corrected chi connectivity index (χ3v) is 2.69. The van der Waals surface area contributed by atoms with E-state index in [0.717, 1.165) is 11.3 Å². The second kappa shape index (κ2) is 3.64. The summed E-state index contributed by atoms with van der Waals surface area (Å²) >= 11 is 11.9. The Morgan fingerprint density at radius 1 is 1.36 bits per heavy atom. The molecular formula is C10H7Cl2N2. The fraction of sp³-hybridized carbons (Fsp3) is 0.100. The molecule has 1 heterocycles. The monoisotopic (exact) mass is 225 g/mol. The summed E-state index contributed by atoms with van der Waals surface area (Å²) in [7, 11) is 1.86. The largest absolute Gasteiger partial charge is 0.331 e. The summed E-state index contributed by atoms with van der Waals surface area (Å²) in [6.45, 7) is 0. The fourth-order valence-corrected chi connectivity index (χ4v) is 1.60. The maximum Gasteiger partial charge on any atom is 0.176 e. The van der Waals surface area contributed by atoms with E-state index >= 15 is 0 Å². The first kappa shape index (κ1) is 9.56. The van der Waals surface area contributed by atoms with Gasteiger partial charge in [0.05, 0.1) is 15.7 Å². The highest BCUT2D eigenvalue weighted by molar-refractivity contribution is 6.43. The highest BCUT2D eigenvalue weighted by Crippen LogP contribution is 2.32. The average Bonchev–Trinajstić information content (AvgIpc) is 2.57. The highest BCUT2D eigenvalue weighted by Gasteiger charge is 2.08. The van der Waals surface area contributed by atoms with Gasteiger partial charge in [0.15, 0.2) is 6.33 Å². The molecule has 0 saturated heterocycles. The number of imidazole rings is 1. The van der Waals surface area contributed by atoms with Gasteiger partial charge in [-0.25, -0.2) is 4.98 Å². The summed E-state index contributed by atoms with van der Waals surface area (Å²) in [6, 6.07) is 5.47. The minimum atomic E-state index is 0.529. The van der Waals surface area contributed by atoms with Gasteiger partial charge in [-0.2, -0.15) is 0 Å². The summed E-state index contributed by atoms with van der Waals surface area (Å²) in [6.07, 6.45) is 4.62. The first-order chi connectivity index (χ1) is 6.68. The van der Waals surface area contributed by atoms with Gasteiger partial charge in [0.2, 0.25) is 0 Å². The number of aromatic nitrogens is 2. The number of rotatable bonds is 1. The molecule has 0 fully saturated rings. The van der Waals surface area contributed by atoms with E-state index in [-0.39, 0.29) is 0 Å². The molecule has 0 saturated carbocycles. The highest BCUT2D eigenvalue weighted by atomic mass is 35.5. The van der Waals surface area contributed by atoms with Crippen LogP contribution in [0.25, 0.3) is 11.3 Å². The molecule has 0 aliphatic rings. The van der Waals surface area contributed by atoms with Gasteiger partial charge in [-0.05, 0) is 6.07 Å². The molecule has 0 aliphatic carbocycles. The quantitative estimate of drug-likeness (QED) is 0.730. The maximum absolute atomic E-state index is 6.04. The lowest BCUT2D eigenvalue weighted by molar-refractivity contribution is 0.903. The van der Waals surface area contributed by atoms with Crippen molar-refractivity contribution >= 4 is 23.2 Å². The normalized spacial score (nSPS) is 10.5. The number of benzene rings is 1. The second-order valence-corrected chi connectivity index (χ2v) is 3.72. The van der Waals surface area contributed by atoms with Crippen LogP contribution in [0.15, 0.2) is 24.4 Å². The van der Waals surface area contributed by atoms with Crippen molar-refractivity contribution in [2.75, 3.05) is 0 Å². The number of nitrogens with zero attached hydrogens (tertiary/aromatic N) is 2. The van der Waals surface area contributed by atoms with Crippen LogP contribution in [0.2, 0.25) is 10.0 Å². The predicted octanol–water partition coefficient (Wildman–Crippen LogP) is 3.19. The Morgan fingerprint density at radius 2 is 2.14 bits per heavy atom. The van der Waals surface area contributed by atoms with Crippen LogP contribution in [0, 0.1) is 6.33 Å². The molecule has 1 aromatic carbocycles. The summed E-state index contributed by atoms with van der Waals surface area (Å²) in [5.74, 6) is 0. The van der Waals surface area contributed by atoms with Crippen LogP contribution in [-0.4, -0.2) is 9.55 Å². The van der Waals surface area contributed by atoms with Crippen LogP contribution < -0.4 is 0 Å². The molecule has 14 heavy (non-hydrogen) atoms. The minimum absolute atomic E-state index is 0.529. The van der Waals surface area contributed by atoms with Gasteiger partial charge in [0.1, 0.15) is 0 Å². The molecule has 2 aromatic rings. The molecule has 2 nitrogen and oxygen atoms in total. The van der Waals surface area contributed by atoms with E-state index in [0.29, 0.717) is 10.0 Å². The second-order valence-electron chi connectivity index (χ2n) is 2.94. The molecule has 0 spiro atoms. The summed E-state index contributed by atoms with van der Waals surface area (Å²) < 4.78 is 1.74. The number of hydrogen-bond donors (Lipinski definition) is 0. The molecule has 0 aliphatic heterocycles. The van der Waals surface area contributed by atoms with E-state index in [1.54, 1.807) is 10.6 Å². The Hall–Kier alpha value is -0.990.